The van der Waals surface area contributed by atoms with Crippen LogP contribution in [0, 0.1) is 0 Å². The van der Waals surface area contributed by atoms with Crippen molar-refractivity contribution in [1.29, 1.82) is 0 Å². The van der Waals surface area contributed by atoms with Crippen molar-refractivity contribution in [2.45, 2.75) is 51.5 Å². The molecule has 0 aliphatic carbocycles. The summed E-state index contributed by atoms with van der Waals surface area (Å²) in [5.41, 5.74) is 2.22. The summed E-state index contributed by atoms with van der Waals surface area (Å²) < 4.78 is 1.11. The minimum Gasteiger partial charge on any atom is -0.508 e. The molecule has 1 unspecified atom stereocenters. The zero-order valence-corrected chi connectivity index (χ0v) is 12.8. The van der Waals surface area contributed by atoms with Gasteiger partial charge in [0.05, 0.1) is 0 Å². The minimum atomic E-state index is 0.423. The minimum absolute atomic E-state index is 0.423. The number of benzene rings is 1. The number of rotatable bonds is 3. The largest absolute Gasteiger partial charge is 0.508 e. The lowest BCUT2D eigenvalue weighted by atomic mass is 9.94. The lowest BCUT2D eigenvalue weighted by Gasteiger charge is -2.24. The second kappa shape index (κ2) is 6.07. The van der Waals surface area contributed by atoms with Crippen LogP contribution in [0.4, 0.5) is 0 Å². The summed E-state index contributed by atoms with van der Waals surface area (Å²) in [4.78, 5) is 0. The third kappa shape index (κ3) is 3.27. The van der Waals surface area contributed by atoms with Gasteiger partial charge in [-0.25, -0.2) is 0 Å². The van der Waals surface area contributed by atoms with Gasteiger partial charge in [-0.3, -0.25) is 0 Å². The molecule has 0 radical (unpaired) electrons. The van der Waals surface area contributed by atoms with Gasteiger partial charge in [-0.1, -0.05) is 36.2 Å². The Hall–Kier alpha value is -0.540. The van der Waals surface area contributed by atoms with Crippen LogP contribution in [0.2, 0.25) is 0 Å². The van der Waals surface area contributed by atoms with Crippen LogP contribution < -0.4 is 5.32 Å². The van der Waals surface area contributed by atoms with E-state index in [2.05, 4.69) is 41.2 Å². The van der Waals surface area contributed by atoms with E-state index in [1.54, 1.807) is 0 Å². The van der Waals surface area contributed by atoms with Crippen molar-refractivity contribution >= 4 is 15.9 Å². The van der Waals surface area contributed by atoms with Gasteiger partial charge in [-0.05, 0) is 55.0 Å². The quantitative estimate of drug-likeness (QED) is 0.885. The fourth-order valence-corrected chi connectivity index (χ4v) is 3.44. The fraction of sp³-hybridized carbons (Fsp3) is 0.600. The number of phenolic OH excluding ortho intramolecular Hbond substituents is 1. The molecule has 2 nitrogen and oxygen atoms in total. The summed E-state index contributed by atoms with van der Waals surface area (Å²) in [6, 6.07) is 4.51. The molecule has 3 heteroatoms. The molecule has 1 saturated heterocycles. The number of hydrogen-bond donors (Lipinski definition) is 2. The van der Waals surface area contributed by atoms with Crippen molar-refractivity contribution in [3.05, 3.63) is 27.7 Å². The van der Waals surface area contributed by atoms with E-state index in [4.69, 9.17) is 0 Å². The number of piperidine rings is 1. The molecule has 1 atom stereocenters. The first-order chi connectivity index (χ1) is 8.58. The highest BCUT2D eigenvalue weighted by Gasteiger charge is 2.16. The van der Waals surface area contributed by atoms with E-state index >= 15 is 0 Å². The van der Waals surface area contributed by atoms with Crippen molar-refractivity contribution < 1.29 is 5.11 Å². The molecule has 0 saturated carbocycles. The van der Waals surface area contributed by atoms with Gasteiger partial charge >= 0.3 is 0 Å². The molecule has 0 amide bonds. The number of phenols is 1. The second-order valence-corrected chi connectivity index (χ2v) is 6.36. The van der Waals surface area contributed by atoms with Crippen molar-refractivity contribution in [2.75, 3.05) is 6.54 Å². The summed E-state index contributed by atoms with van der Waals surface area (Å²) in [6.45, 7) is 5.39. The van der Waals surface area contributed by atoms with Crippen LogP contribution in [-0.2, 0) is 6.42 Å². The molecule has 1 heterocycles. The first kappa shape index (κ1) is 13.9. The van der Waals surface area contributed by atoms with Crippen LogP contribution in [-0.4, -0.2) is 17.7 Å². The maximum Gasteiger partial charge on any atom is 0.119 e. The van der Waals surface area contributed by atoms with E-state index in [1.165, 1.54) is 24.8 Å². The van der Waals surface area contributed by atoms with E-state index in [-0.39, 0.29) is 0 Å². The summed E-state index contributed by atoms with van der Waals surface area (Å²) in [7, 11) is 0. The van der Waals surface area contributed by atoms with Crippen molar-refractivity contribution in [1.82, 2.24) is 5.32 Å². The molecule has 1 fully saturated rings. The Morgan fingerprint density at radius 3 is 2.78 bits per heavy atom. The van der Waals surface area contributed by atoms with Gasteiger partial charge < -0.3 is 10.4 Å². The van der Waals surface area contributed by atoms with E-state index in [0.29, 0.717) is 17.7 Å². The third-order valence-corrected chi connectivity index (χ3v) is 4.39. The molecule has 18 heavy (non-hydrogen) atoms. The summed E-state index contributed by atoms with van der Waals surface area (Å²) in [5.74, 6) is 0.862. The molecule has 100 valence electrons. The van der Waals surface area contributed by atoms with Gasteiger partial charge in [0.15, 0.2) is 0 Å². The molecular formula is C15H22BrNO. The van der Waals surface area contributed by atoms with Gasteiger partial charge in [0, 0.05) is 10.5 Å². The smallest absolute Gasteiger partial charge is 0.119 e. The first-order valence-corrected chi connectivity index (χ1v) is 7.62. The molecule has 1 aliphatic rings. The highest BCUT2D eigenvalue weighted by molar-refractivity contribution is 9.10. The first-order valence-electron chi connectivity index (χ1n) is 6.82. The van der Waals surface area contributed by atoms with Crippen LogP contribution in [0.1, 0.15) is 50.2 Å². The van der Waals surface area contributed by atoms with Gasteiger partial charge in [0.2, 0.25) is 0 Å². The molecular weight excluding hydrogens is 290 g/mol. The van der Waals surface area contributed by atoms with Crippen LogP contribution in [0.25, 0.3) is 0 Å². The molecule has 1 aromatic rings. The summed E-state index contributed by atoms with van der Waals surface area (Å²) in [5, 5.41) is 13.7. The summed E-state index contributed by atoms with van der Waals surface area (Å²) in [6.07, 6.45) is 4.70. The number of halogens is 1. The number of aromatic hydroxyl groups is 1. The Morgan fingerprint density at radius 2 is 2.17 bits per heavy atom. The fourth-order valence-electron chi connectivity index (χ4n) is 2.59. The molecule has 2 N–H and O–H groups in total. The maximum atomic E-state index is 10.1. The molecule has 0 bridgehead atoms. The van der Waals surface area contributed by atoms with Crippen LogP contribution >= 0.6 is 15.9 Å². The van der Waals surface area contributed by atoms with E-state index in [1.807, 2.05) is 6.07 Å². The average molecular weight is 312 g/mol. The lowest BCUT2D eigenvalue weighted by Crippen LogP contribution is -2.35. The number of hydrogen-bond acceptors (Lipinski definition) is 2. The molecule has 0 aromatic heterocycles. The van der Waals surface area contributed by atoms with Crippen LogP contribution in [0.15, 0.2) is 16.6 Å². The van der Waals surface area contributed by atoms with Crippen molar-refractivity contribution in [3.63, 3.8) is 0 Å². The van der Waals surface area contributed by atoms with Gasteiger partial charge in [0.25, 0.3) is 0 Å². The van der Waals surface area contributed by atoms with Crippen LogP contribution in [0.3, 0.4) is 0 Å². The molecule has 1 aromatic carbocycles. The Kier molecular flexibility index (Phi) is 4.68. The monoisotopic (exact) mass is 311 g/mol. The Bertz CT molecular complexity index is 411. The molecule has 1 aliphatic heterocycles. The van der Waals surface area contributed by atoms with E-state index in [0.717, 1.165) is 23.0 Å². The van der Waals surface area contributed by atoms with E-state index in [9.17, 15) is 5.11 Å². The molecule has 0 spiro atoms. The van der Waals surface area contributed by atoms with Crippen molar-refractivity contribution in [3.8, 4) is 5.75 Å². The standard InChI is InChI=1S/C15H22BrNO/c1-10(2)13-9-15(18)11(8-14(13)16)7-12-5-3-4-6-17-12/h8-10,12,17-18H,3-7H2,1-2H3. The predicted octanol–water partition coefficient (Wildman–Crippen LogP) is 3.96. The van der Waals surface area contributed by atoms with Gasteiger partial charge in [0.1, 0.15) is 5.75 Å². The predicted molar refractivity (Wildman–Crippen MR) is 79.2 cm³/mol. The maximum absolute atomic E-state index is 10.1. The zero-order chi connectivity index (χ0) is 13.1. The Labute approximate surface area is 118 Å². The molecule has 2 rings (SSSR count). The third-order valence-electron chi connectivity index (χ3n) is 3.70. The highest BCUT2D eigenvalue weighted by atomic mass is 79.9. The zero-order valence-electron chi connectivity index (χ0n) is 11.2. The van der Waals surface area contributed by atoms with Crippen LogP contribution in [0.5, 0.6) is 5.75 Å². The SMILES string of the molecule is CC(C)c1cc(O)c(CC2CCCCN2)cc1Br. The topological polar surface area (TPSA) is 32.3 Å². The van der Waals surface area contributed by atoms with Gasteiger partial charge in [-0.2, -0.15) is 0 Å². The second-order valence-electron chi connectivity index (χ2n) is 5.51. The normalized spacial score (nSPS) is 20.3. The number of nitrogens with one attached hydrogen (secondary N) is 1. The van der Waals surface area contributed by atoms with E-state index < -0.39 is 0 Å². The highest BCUT2D eigenvalue weighted by Crippen LogP contribution is 2.32. The Morgan fingerprint density at radius 1 is 1.39 bits per heavy atom. The van der Waals surface area contributed by atoms with Crippen molar-refractivity contribution in [2.24, 2.45) is 0 Å². The Balaban J connectivity index is 2.15. The summed E-state index contributed by atoms with van der Waals surface area (Å²) >= 11 is 3.62. The average Bonchev–Trinajstić information content (AvgIpc) is 2.34. The lowest BCUT2D eigenvalue weighted by molar-refractivity contribution is 0.391. The van der Waals surface area contributed by atoms with Gasteiger partial charge in [-0.15, -0.1) is 0 Å².